The van der Waals surface area contributed by atoms with Crippen LogP contribution in [0.15, 0.2) is 11.8 Å². The molecule has 3 nitrogen and oxygen atoms in total. The summed E-state index contributed by atoms with van der Waals surface area (Å²) in [5.74, 6) is 0.468. The Kier molecular flexibility index (Phi) is 2.52. The van der Waals surface area contributed by atoms with Crippen LogP contribution < -0.4 is 0 Å². The Hall–Kier alpha value is -0.990. The van der Waals surface area contributed by atoms with Crippen molar-refractivity contribution in [2.75, 3.05) is 20.7 Å². The number of carbonyl (C=O) groups is 1. The van der Waals surface area contributed by atoms with Crippen molar-refractivity contribution in [3.8, 4) is 0 Å². The molecule has 1 heterocycles. The Balaban J connectivity index is 2.73. The summed E-state index contributed by atoms with van der Waals surface area (Å²) in [6, 6.07) is 0. The maximum atomic E-state index is 11.3. The summed E-state index contributed by atoms with van der Waals surface area (Å²) in [6.45, 7) is 0.822. The molecule has 1 aliphatic rings. The summed E-state index contributed by atoms with van der Waals surface area (Å²) in [6.07, 6.45) is 3.81. The van der Waals surface area contributed by atoms with Gasteiger partial charge in [0.25, 0.3) is 5.91 Å². The van der Waals surface area contributed by atoms with Gasteiger partial charge in [-0.2, -0.15) is 0 Å². The maximum Gasteiger partial charge on any atom is 0.288 e. The molecule has 11 heavy (non-hydrogen) atoms. The number of hydrogen-bond acceptors (Lipinski definition) is 2. The van der Waals surface area contributed by atoms with Crippen molar-refractivity contribution >= 4 is 5.91 Å². The smallest absolute Gasteiger partial charge is 0.288 e. The van der Waals surface area contributed by atoms with Gasteiger partial charge in [0.15, 0.2) is 5.76 Å². The number of amides is 1. The molecule has 0 atom stereocenters. The topological polar surface area (TPSA) is 29.5 Å². The Labute approximate surface area is 66.6 Å². The second kappa shape index (κ2) is 3.42. The van der Waals surface area contributed by atoms with E-state index < -0.39 is 0 Å². The number of hydrogen-bond donors (Lipinski definition) is 0. The van der Waals surface area contributed by atoms with Crippen LogP contribution in [0.3, 0.4) is 0 Å². The van der Waals surface area contributed by atoms with Gasteiger partial charge >= 0.3 is 0 Å². The van der Waals surface area contributed by atoms with E-state index in [1.54, 1.807) is 11.9 Å². The molecular formula is C8H13NO2. The van der Waals surface area contributed by atoms with Crippen LogP contribution in [0.1, 0.15) is 12.8 Å². The molecule has 0 aromatic carbocycles. The van der Waals surface area contributed by atoms with Crippen LogP contribution in [-0.2, 0) is 9.53 Å². The first-order valence-electron chi connectivity index (χ1n) is 3.75. The van der Waals surface area contributed by atoms with Gasteiger partial charge in [-0.3, -0.25) is 4.79 Å². The summed E-state index contributed by atoms with van der Waals surface area (Å²) in [4.78, 5) is 13.0. The molecule has 0 saturated heterocycles. The number of carbonyl (C=O) groups excluding carboxylic acids is 1. The first kappa shape index (κ1) is 8.11. The van der Waals surface area contributed by atoms with Crippen molar-refractivity contribution < 1.29 is 9.53 Å². The third kappa shape index (κ3) is 1.73. The van der Waals surface area contributed by atoms with E-state index in [4.69, 9.17) is 4.74 Å². The molecule has 0 bridgehead atoms. The molecule has 0 fully saturated rings. The zero-order valence-electron chi connectivity index (χ0n) is 6.96. The van der Waals surface area contributed by atoms with Gasteiger partial charge in [-0.05, 0) is 18.9 Å². The van der Waals surface area contributed by atoms with E-state index in [0.29, 0.717) is 5.76 Å². The van der Waals surface area contributed by atoms with Crippen molar-refractivity contribution in [3.63, 3.8) is 0 Å². The number of rotatable bonds is 1. The van der Waals surface area contributed by atoms with Crippen LogP contribution in [0.5, 0.6) is 0 Å². The van der Waals surface area contributed by atoms with Gasteiger partial charge < -0.3 is 9.64 Å². The summed E-state index contributed by atoms with van der Waals surface area (Å²) in [7, 11) is 3.32. The number of ether oxygens (including phenoxy) is 1. The quantitative estimate of drug-likeness (QED) is 0.559. The average molecular weight is 155 g/mol. The molecule has 0 spiro atoms. The average Bonchev–Trinajstić information content (AvgIpc) is 2.16. The Morgan fingerprint density at radius 2 is 2.36 bits per heavy atom. The molecule has 3 heteroatoms. The van der Waals surface area contributed by atoms with Gasteiger partial charge in [0.1, 0.15) is 0 Å². The molecule has 0 aromatic rings. The van der Waals surface area contributed by atoms with Crippen molar-refractivity contribution in [1.29, 1.82) is 0 Å². The lowest BCUT2D eigenvalue weighted by Gasteiger charge is -2.14. The number of allylic oxidation sites excluding steroid dienone is 1. The van der Waals surface area contributed by atoms with E-state index >= 15 is 0 Å². The molecule has 0 aliphatic carbocycles. The van der Waals surface area contributed by atoms with Gasteiger partial charge in [0.2, 0.25) is 0 Å². The van der Waals surface area contributed by atoms with E-state index in [1.807, 2.05) is 6.08 Å². The molecule has 0 radical (unpaired) electrons. The predicted octanol–water partition coefficient (Wildman–Crippen LogP) is 0.769. The molecule has 1 amide bonds. The zero-order chi connectivity index (χ0) is 8.27. The summed E-state index contributed by atoms with van der Waals surface area (Å²) < 4.78 is 4.92. The lowest BCUT2D eigenvalue weighted by atomic mass is 10.3. The van der Waals surface area contributed by atoms with E-state index in [2.05, 4.69) is 0 Å². The third-order valence-electron chi connectivity index (χ3n) is 1.80. The molecule has 0 saturated carbocycles. The summed E-state index contributed by atoms with van der Waals surface area (Å²) in [5.41, 5.74) is 0. The second-order valence-electron chi connectivity index (χ2n) is 2.64. The fraction of sp³-hybridized carbons (Fsp3) is 0.625. The van der Waals surface area contributed by atoms with Gasteiger partial charge in [-0.25, -0.2) is 0 Å². The highest BCUT2D eigenvalue weighted by molar-refractivity contribution is 5.91. The summed E-state index contributed by atoms with van der Waals surface area (Å²) in [5, 5.41) is 0. The first-order chi connectivity index (χ1) is 5.25. The van der Waals surface area contributed by atoms with Crippen LogP contribution in [0, 0.1) is 0 Å². The van der Waals surface area contributed by atoms with Crippen LogP contribution in [0.25, 0.3) is 0 Å². The lowest BCUT2D eigenvalue weighted by molar-refractivity contribution is -0.128. The monoisotopic (exact) mass is 155 g/mol. The fourth-order valence-electron chi connectivity index (χ4n) is 1.11. The van der Waals surface area contributed by atoms with Crippen LogP contribution in [0.4, 0.5) is 0 Å². The van der Waals surface area contributed by atoms with E-state index in [0.717, 1.165) is 19.4 Å². The molecule has 1 aliphatic heterocycles. The molecule has 0 aromatic heterocycles. The Morgan fingerprint density at radius 1 is 1.64 bits per heavy atom. The largest absolute Gasteiger partial charge is 0.491 e. The Bertz CT molecular complexity index is 187. The van der Waals surface area contributed by atoms with Crippen LogP contribution in [0.2, 0.25) is 0 Å². The molecule has 62 valence electrons. The minimum Gasteiger partial charge on any atom is -0.491 e. The van der Waals surface area contributed by atoms with Gasteiger partial charge in [-0.1, -0.05) is 0 Å². The van der Waals surface area contributed by atoms with E-state index in [9.17, 15) is 4.79 Å². The van der Waals surface area contributed by atoms with Gasteiger partial charge in [0, 0.05) is 13.6 Å². The fourth-order valence-corrected chi connectivity index (χ4v) is 1.11. The number of likely N-dealkylation sites (N-methyl/N-ethyl adjacent to an activating group) is 1. The molecule has 0 N–H and O–H groups in total. The van der Waals surface area contributed by atoms with E-state index in [1.165, 1.54) is 7.11 Å². The first-order valence-corrected chi connectivity index (χ1v) is 3.75. The van der Waals surface area contributed by atoms with Crippen molar-refractivity contribution in [2.45, 2.75) is 12.8 Å². The van der Waals surface area contributed by atoms with Crippen molar-refractivity contribution in [3.05, 3.63) is 11.8 Å². The van der Waals surface area contributed by atoms with Gasteiger partial charge in [0.05, 0.1) is 7.11 Å². The predicted molar refractivity (Wildman–Crippen MR) is 42.0 cm³/mol. The minimum absolute atomic E-state index is 0.00926. The van der Waals surface area contributed by atoms with Crippen molar-refractivity contribution in [1.82, 2.24) is 4.90 Å². The van der Waals surface area contributed by atoms with Crippen LogP contribution >= 0.6 is 0 Å². The standard InChI is InChI=1S/C8H13NO2/c1-9-6-4-3-5-7(11-2)8(9)10/h5H,3-4,6H2,1-2H3. The number of nitrogens with zero attached hydrogens (tertiary/aromatic N) is 1. The van der Waals surface area contributed by atoms with Crippen LogP contribution in [-0.4, -0.2) is 31.5 Å². The highest BCUT2D eigenvalue weighted by Crippen LogP contribution is 2.09. The third-order valence-corrected chi connectivity index (χ3v) is 1.80. The van der Waals surface area contributed by atoms with E-state index in [-0.39, 0.29) is 5.91 Å². The maximum absolute atomic E-state index is 11.3. The summed E-state index contributed by atoms with van der Waals surface area (Å²) >= 11 is 0. The minimum atomic E-state index is -0.00926. The Morgan fingerprint density at radius 3 is 3.00 bits per heavy atom. The molecule has 0 unspecified atom stereocenters. The molecular weight excluding hydrogens is 142 g/mol. The number of methoxy groups -OCH3 is 1. The second-order valence-corrected chi connectivity index (χ2v) is 2.64. The lowest BCUT2D eigenvalue weighted by Crippen LogP contribution is -2.28. The highest BCUT2D eigenvalue weighted by atomic mass is 16.5. The molecule has 1 rings (SSSR count). The van der Waals surface area contributed by atoms with Crippen molar-refractivity contribution in [2.24, 2.45) is 0 Å². The SMILES string of the molecule is COC1=CCCCN(C)C1=O. The van der Waals surface area contributed by atoms with Gasteiger partial charge in [-0.15, -0.1) is 0 Å². The zero-order valence-corrected chi connectivity index (χ0v) is 6.96. The highest BCUT2D eigenvalue weighted by Gasteiger charge is 2.16. The normalized spacial score (nSPS) is 19.3.